The van der Waals surface area contributed by atoms with Crippen molar-refractivity contribution in [2.45, 2.75) is 51.8 Å². The minimum absolute atomic E-state index is 0.278. The maximum absolute atomic E-state index is 13.1. The highest BCUT2D eigenvalue weighted by Gasteiger charge is 2.22. The lowest BCUT2D eigenvalue weighted by atomic mass is 10.1. The Morgan fingerprint density at radius 1 is 0.939 bits per heavy atom. The molecule has 0 bridgehead atoms. The van der Waals surface area contributed by atoms with Crippen LogP contribution in [0.15, 0.2) is 77.8 Å². The highest BCUT2D eigenvalue weighted by atomic mass is 32.2. The lowest BCUT2D eigenvalue weighted by molar-refractivity contribution is 0.306. The van der Waals surface area contributed by atoms with Gasteiger partial charge in [-0.3, -0.25) is 0 Å². The Morgan fingerprint density at radius 3 is 2.33 bits per heavy atom. The van der Waals surface area contributed by atoms with Crippen LogP contribution in [0.5, 0.6) is 5.75 Å². The first-order valence-electron chi connectivity index (χ1n) is 11.1. The molecule has 0 radical (unpaired) electrons. The summed E-state index contributed by atoms with van der Waals surface area (Å²) in [6.45, 7) is 8.59. The average Bonchev–Trinajstić information content (AvgIpc) is 3.13. The molecule has 0 aliphatic rings. The SMILES string of the molecule is Cc1cc(C)c(S(=O)(=O)NC(C)Cn2ccc3cc(OCc4ccccc4)ccc32)c(C)c1. The van der Waals surface area contributed by atoms with E-state index in [2.05, 4.69) is 9.29 Å². The second-order valence-corrected chi connectivity index (χ2v) is 10.4. The zero-order chi connectivity index (χ0) is 23.6. The van der Waals surface area contributed by atoms with Gasteiger partial charge in [0.2, 0.25) is 10.0 Å². The van der Waals surface area contributed by atoms with E-state index >= 15 is 0 Å². The summed E-state index contributed by atoms with van der Waals surface area (Å²) in [4.78, 5) is 0.373. The van der Waals surface area contributed by atoms with Crippen LogP contribution in [0.1, 0.15) is 29.2 Å². The number of hydrogen-bond acceptors (Lipinski definition) is 3. The minimum Gasteiger partial charge on any atom is -0.489 e. The summed E-state index contributed by atoms with van der Waals surface area (Å²) in [6, 6.07) is 21.6. The van der Waals surface area contributed by atoms with Gasteiger partial charge in [0.1, 0.15) is 12.4 Å². The van der Waals surface area contributed by atoms with Gasteiger partial charge in [0.25, 0.3) is 0 Å². The number of benzene rings is 3. The van der Waals surface area contributed by atoms with E-state index in [1.807, 2.05) is 101 Å². The summed E-state index contributed by atoms with van der Waals surface area (Å²) in [5, 5.41) is 1.06. The van der Waals surface area contributed by atoms with Gasteiger partial charge < -0.3 is 9.30 Å². The number of hydrogen-bond donors (Lipinski definition) is 1. The Kier molecular flexibility index (Phi) is 6.58. The largest absolute Gasteiger partial charge is 0.489 e. The maximum Gasteiger partial charge on any atom is 0.241 e. The van der Waals surface area contributed by atoms with Gasteiger partial charge in [0.05, 0.1) is 4.90 Å². The monoisotopic (exact) mass is 462 g/mol. The molecule has 0 spiro atoms. The molecule has 0 aliphatic heterocycles. The first kappa shape index (κ1) is 23.1. The highest BCUT2D eigenvalue weighted by Crippen LogP contribution is 2.24. The molecule has 0 fully saturated rings. The van der Waals surface area contributed by atoms with Crippen LogP contribution in [0.3, 0.4) is 0 Å². The predicted octanol–water partition coefficient (Wildman–Crippen LogP) is 5.51. The fourth-order valence-corrected chi connectivity index (χ4v) is 6.10. The zero-order valence-electron chi connectivity index (χ0n) is 19.5. The lowest BCUT2D eigenvalue weighted by Crippen LogP contribution is -2.36. The Bertz CT molecular complexity index is 1350. The van der Waals surface area contributed by atoms with Gasteiger partial charge >= 0.3 is 0 Å². The second kappa shape index (κ2) is 9.41. The minimum atomic E-state index is -3.62. The standard InChI is InChI=1S/C27H30N2O3S/c1-19-14-20(2)27(21(3)15-19)33(30,31)28-22(4)17-29-13-12-24-16-25(10-11-26(24)29)32-18-23-8-6-5-7-9-23/h5-16,22,28H,17-18H2,1-4H3. The Hall–Kier alpha value is -3.09. The van der Waals surface area contributed by atoms with E-state index in [0.29, 0.717) is 18.0 Å². The van der Waals surface area contributed by atoms with Crippen molar-refractivity contribution >= 4 is 20.9 Å². The second-order valence-electron chi connectivity index (χ2n) is 8.71. The molecule has 3 aromatic carbocycles. The third-order valence-electron chi connectivity index (χ3n) is 5.69. The van der Waals surface area contributed by atoms with Crippen LogP contribution in [-0.4, -0.2) is 19.0 Å². The van der Waals surface area contributed by atoms with Crippen molar-refractivity contribution in [1.82, 2.24) is 9.29 Å². The van der Waals surface area contributed by atoms with Crippen molar-refractivity contribution in [2.75, 3.05) is 0 Å². The molecular weight excluding hydrogens is 432 g/mol. The number of fused-ring (bicyclic) bond motifs is 1. The summed E-state index contributed by atoms with van der Waals surface area (Å²) in [5.41, 5.74) is 4.75. The van der Waals surface area contributed by atoms with Gasteiger partial charge in [-0.05, 0) is 68.7 Å². The van der Waals surface area contributed by atoms with E-state index in [9.17, 15) is 8.42 Å². The number of nitrogens with zero attached hydrogens (tertiary/aromatic N) is 1. The average molecular weight is 463 g/mol. The molecule has 1 aromatic heterocycles. The molecule has 5 nitrogen and oxygen atoms in total. The molecule has 172 valence electrons. The van der Waals surface area contributed by atoms with Gasteiger partial charge in [-0.1, -0.05) is 48.0 Å². The lowest BCUT2D eigenvalue weighted by Gasteiger charge is -2.18. The number of aromatic nitrogens is 1. The smallest absolute Gasteiger partial charge is 0.241 e. The number of sulfonamides is 1. The fraction of sp³-hybridized carbons (Fsp3) is 0.259. The molecule has 0 aliphatic carbocycles. The van der Waals surface area contributed by atoms with E-state index in [1.165, 1.54) is 0 Å². The van der Waals surface area contributed by atoms with Gasteiger partial charge in [-0.2, -0.15) is 0 Å². The molecule has 0 saturated carbocycles. The first-order valence-corrected chi connectivity index (χ1v) is 12.6. The van der Waals surface area contributed by atoms with Gasteiger partial charge in [-0.25, -0.2) is 13.1 Å². The Labute approximate surface area is 196 Å². The first-order chi connectivity index (χ1) is 15.7. The summed E-state index contributed by atoms with van der Waals surface area (Å²) in [6.07, 6.45) is 1.98. The summed E-state index contributed by atoms with van der Waals surface area (Å²) >= 11 is 0. The van der Waals surface area contributed by atoms with Crippen molar-refractivity contribution in [3.8, 4) is 5.75 Å². The van der Waals surface area contributed by atoms with E-state index < -0.39 is 10.0 Å². The van der Waals surface area contributed by atoms with Crippen molar-refractivity contribution in [3.63, 3.8) is 0 Å². The van der Waals surface area contributed by atoms with Gasteiger partial charge in [0.15, 0.2) is 0 Å². The number of rotatable bonds is 8. The fourth-order valence-electron chi connectivity index (χ4n) is 4.41. The molecule has 33 heavy (non-hydrogen) atoms. The molecule has 1 heterocycles. The Morgan fingerprint density at radius 2 is 1.64 bits per heavy atom. The van der Waals surface area contributed by atoms with Crippen molar-refractivity contribution in [3.05, 3.63) is 95.2 Å². The molecule has 4 aromatic rings. The number of nitrogens with one attached hydrogen (secondary N) is 1. The summed E-state index contributed by atoms with van der Waals surface area (Å²) in [5.74, 6) is 0.808. The van der Waals surface area contributed by atoms with Crippen molar-refractivity contribution in [1.29, 1.82) is 0 Å². The van der Waals surface area contributed by atoms with Crippen LogP contribution in [-0.2, 0) is 23.2 Å². The number of aryl methyl sites for hydroxylation is 3. The van der Waals surface area contributed by atoms with E-state index in [-0.39, 0.29) is 6.04 Å². The number of ether oxygens (including phenoxy) is 1. The van der Waals surface area contributed by atoms with E-state index in [1.54, 1.807) is 0 Å². The normalized spacial score (nSPS) is 12.7. The molecule has 0 saturated heterocycles. The molecule has 1 atom stereocenters. The van der Waals surface area contributed by atoms with Gasteiger partial charge in [0, 0.05) is 29.7 Å². The molecule has 0 amide bonds. The molecule has 4 rings (SSSR count). The maximum atomic E-state index is 13.1. The van der Waals surface area contributed by atoms with E-state index in [4.69, 9.17) is 4.74 Å². The predicted molar refractivity (Wildman–Crippen MR) is 133 cm³/mol. The van der Waals surface area contributed by atoms with Gasteiger partial charge in [-0.15, -0.1) is 0 Å². The van der Waals surface area contributed by atoms with Crippen LogP contribution in [0.2, 0.25) is 0 Å². The topological polar surface area (TPSA) is 60.3 Å². The van der Waals surface area contributed by atoms with Crippen LogP contribution in [0, 0.1) is 20.8 Å². The third-order valence-corrected chi connectivity index (χ3v) is 7.59. The quantitative estimate of drug-likeness (QED) is 0.375. The van der Waals surface area contributed by atoms with Crippen LogP contribution in [0.4, 0.5) is 0 Å². The third kappa shape index (κ3) is 5.29. The van der Waals surface area contributed by atoms with Crippen LogP contribution >= 0.6 is 0 Å². The zero-order valence-corrected chi connectivity index (χ0v) is 20.3. The van der Waals surface area contributed by atoms with Crippen LogP contribution < -0.4 is 9.46 Å². The molecule has 1 unspecified atom stereocenters. The van der Waals surface area contributed by atoms with E-state index in [0.717, 1.165) is 38.9 Å². The summed E-state index contributed by atoms with van der Waals surface area (Å²) < 4.78 is 37.0. The molecular formula is C27H30N2O3S. The Balaban J connectivity index is 1.46. The van der Waals surface area contributed by atoms with Crippen LogP contribution in [0.25, 0.3) is 10.9 Å². The molecule has 6 heteroatoms. The summed E-state index contributed by atoms with van der Waals surface area (Å²) in [7, 11) is -3.62. The highest BCUT2D eigenvalue weighted by molar-refractivity contribution is 7.89. The van der Waals surface area contributed by atoms with Crippen molar-refractivity contribution in [2.24, 2.45) is 0 Å². The molecule has 1 N–H and O–H groups in total. The van der Waals surface area contributed by atoms with Crippen molar-refractivity contribution < 1.29 is 13.2 Å².